The van der Waals surface area contributed by atoms with Crippen molar-refractivity contribution < 1.29 is 19.0 Å². The molecular weight excluding hydrogens is 306 g/mol. The first kappa shape index (κ1) is 18.2. The minimum atomic E-state index is -0.417. The highest BCUT2D eigenvalue weighted by Crippen LogP contribution is 2.35. The highest BCUT2D eigenvalue weighted by Gasteiger charge is 2.41. The number of hydrogen-bond acceptors (Lipinski definition) is 4. The van der Waals surface area contributed by atoms with Gasteiger partial charge in [0.1, 0.15) is 6.61 Å². The van der Waals surface area contributed by atoms with Crippen molar-refractivity contribution in [2.45, 2.75) is 64.8 Å². The molecule has 3 fully saturated rings. The molecule has 1 saturated carbocycles. The van der Waals surface area contributed by atoms with Gasteiger partial charge in [-0.15, -0.1) is 0 Å². The maximum absolute atomic E-state index is 12.5. The Morgan fingerprint density at radius 3 is 2.50 bits per heavy atom. The SMILES string of the molecule is CC(C)[C@H]1CC[C@H](C)C[C@@H]1OCC(=O)N1CCC2(CC1)OCCO2. The van der Waals surface area contributed by atoms with E-state index >= 15 is 0 Å². The Labute approximate surface area is 146 Å². The van der Waals surface area contributed by atoms with Gasteiger partial charge >= 0.3 is 0 Å². The van der Waals surface area contributed by atoms with Crippen molar-refractivity contribution in [2.24, 2.45) is 17.8 Å². The van der Waals surface area contributed by atoms with Gasteiger partial charge in [0.15, 0.2) is 5.79 Å². The summed E-state index contributed by atoms with van der Waals surface area (Å²) in [5.74, 6) is 1.59. The fraction of sp³-hybridized carbons (Fsp3) is 0.947. The molecule has 1 aliphatic carbocycles. The molecule has 2 heterocycles. The topological polar surface area (TPSA) is 48.0 Å². The van der Waals surface area contributed by atoms with E-state index in [1.807, 2.05) is 4.90 Å². The summed E-state index contributed by atoms with van der Waals surface area (Å²) in [5.41, 5.74) is 0. The number of nitrogens with zero attached hydrogens (tertiary/aromatic N) is 1. The molecular formula is C19H33NO4. The Morgan fingerprint density at radius 1 is 1.21 bits per heavy atom. The lowest BCUT2D eigenvalue weighted by atomic mass is 9.75. The lowest BCUT2D eigenvalue weighted by Gasteiger charge is -2.39. The number of rotatable bonds is 4. The highest BCUT2D eigenvalue weighted by atomic mass is 16.7. The molecule has 1 spiro atoms. The van der Waals surface area contributed by atoms with Gasteiger partial charge in [0, 0.05) is 25.9 Å². The van der Waals surface area contributed by atoms with E-state index in [0.29, 0.717) is 44.1 Å². The van der Waals surface area contributed by atoms with Crippen molar-refractivity contribution in [3.63, 3.8) is 0 Å². The van der Waals surface area contributed by atoms with E-state index < -0.39 is 5.79 Å². The third-order valence-corrected chi connectivity index (χ3v) is 6.07. The van der Waals surface area contributed by atoms with Crippen LogP contribution in [0.2, 0.25) is 0 Å². The zero-order valence-corrected chi connectivity index (χ0v) is 15.5. The second kappa shape index (κ2) is 7.71. The molecule has 2 saturated heterocycles. The molecule has 138 valence electrons. The zero-order valence-electron chi connectivity index (χ0n) is 15.5. The molecule has 0 bridgehead atoms. The van der Waals surface area contributed by atoms with Crippen LogP contribution in [0.4, 0.5) is 0 Å². The van der Waals surface area contributed by atoms with Crippen LogP contribution in [0, 0.1) is 17.8 Å². The van der Waals surface area contributed by atoms with Gasteiger partial charge in [-0.05, 0) is 30.6 Å². The Hall–Kier alpha value is -0.650. The lowest BCUT2D eigenvalue weighted by Crippen LogP contribution is -2.48. The maximum atomic E-state index is 12.5. The maximum Gasteiger partial charge on any atom is 0.248 e. The van der Waals surface area contributed by atoms with E-state index in [1.54, 1.807) is 0 Å². The molecule has 0 N–H and O–H groups in total. The van der Waals surface area contributed by atoms with Crippen LogP contribution in [-0.4, -0.2) is 55.6 Å². The van der Waals surface area contributed by atoms with Crippen molar-refractivity contribution in [3.8, 4) is 0 Å². The quantitative estimate of drug-likeness (QED) is 0.790. The van der Waals surface area contributed by atoms with Crippen molar-refractivity contribution >= 4 is 5.91 Å². The minimum Gasteiger partial charge on any atom is -0.368 e. The van der Waals surface area contributed by atoms with Crippen molar-refractivity contribution in [2.75, 3.05) is 32.9 Å². The van der Waals surface area contributed by atoms with Gasteiger partial charge < -0.3 is 19.1 Å². The lowest BCUT2D eigenvalue weighted by molar-refractivity contribution is -0.189. The van der Waals surface area contributed by atoms with Gasteiger partial charge in [-0.3, -0.25) is 4.79 Å². The first-order valence-electron chi connectivity index (χ1n) is 9.66. The molecule has 3 atom stereocenters. The van der Waals surface area contributed by atoms with E-state index in [1.165, 1.54) is 12.8 Å². The normalized spacial score (nSPS) is 33.3. The summed E-state index contributed by atoms with van der Waals surface area (Å²) in [6, 6.07) is 0. The molecule has 24 heavy (non-hydrogen) atoms. The molecule has 1 amide bonds. The van der Waals surface area contributed by atoms with E-state index in [0.717, 1.165) is 19.3 Å². The molecule has 0 aromatic rings. The number of piperidine rings is 1. The third kappa shape index (κ3) is 4.12. The summed E-state index contributed by atoms with van der Waals surface area (Å²) >= 11 is 0. The van der Waals surface area contributed by atoms with Crippen LogP contribution in [0.1, 0.15) is 52.9 Å². The molecule has 0 aromatic carbocycles. The predicted octanol–water partition coefficient (Wildman–Crippen LogP) is 2.83. The highest BCUT2D eigenvalue weighted by molar-refractivity contribution is 5.77. The Kier molecular flexibility index (Phi) is 5.83. The van der Waals surface area contributed by atoms with E-state index in [4.69, 9.17) is 14.2 Å². The fourth-order valence-electron chi connectivity index (χ4n) is 4.46. The predicted molar refractivity (Wildman–Crippen MR) is 91.5 cm³/mol. The largest absolute Gasteiger partial charge is 0.368 e. The molecule has 0 aromatic heterocycles. The summed E-state index contributed by atoms with van der Waals surface area (Å²) in [6.07, 6.45) is 5.36. The summed E-state index contributed by atoms with van der Waals surface area (Å²) < 4.78 is 17.6. The second-order valence-electron chi connectivity index (χ2n) is 8.16. The number of amides is 1. The number of ether oxygens (including phenoxy) is 3. The molecule has 5 heteroatoms. The van der Waals surface area contributed by atoms with Crippen LogP contribution >= 0.6 is 0 Å². The summed E-state index contributed by atoms with van der Waals surface area (Å²) in [7, 11) is 0. The molecule has 5 nitrogen and oxygen atoms in total. The number of carbonyl (C=O) groups excluding carboxylic acids is 1. The van der Waals surface area contributed by atoms with Gasteiger partial charge in [-0.2, -0.15) is 0 Å². The Bertz CT molecular complexity index is 423. The van der Waals surface area contributed by atoms with Crippen LogP contribution in [0.25, 0.3) is 0 Å². The summed E-state index contributed by atoms with van der Waals surface area (Å²) in [6.45, 7) is 9.81. The molecule has 0 unspecified atom stereocenters. The first-order chi connectivity index (χ1) is 11.5. The van der Waals surface area contributed by atoms with Crippen LogP contribution in [0.15, 0.2) is 0 Å². The zero-order chi connectivity index (χ0) is 17.2. The number of likely N-dealkylation sites (tertiary alicyclic amines) is 1. The Morgan fingerprint density at radius 2 is 1.88 bits per heavy atom. The van der Waals surface area contributed by atoms with Crippen LogP contribution in [-0.2, 0) is 19.0 Å². The van der Waals surface area contributed by atoms with Gasteiger partial charge in [0.2, 0.25) is 5.91 Å². The molecule has 2 aliphatic heterocycles. The standard InChI is InChI=1S/C19H33NO4/c1-14(2)16-5-4-15(3)12-17(16)22-13-18(21)20-8-6-19(7-9-20)23-10-11-24-19/h14-17H,4-13H2,1-3H3/t15-,16+,17-/m0/s1. The molecule has 3 rings (SSSR count). The Balaban J connectivity index is 1.46. The fourth-order valence-corrected chi connectivity index (χ4v) is 4.46. The van der Waals surface area contributed by atoms with Crippen molar-refractivity contribution in [1.29, 1.82) is 0 Å². The van der Waals surface area contributed by atoms with Gasteiger partial charge in [0.25, 0.3) is 0 Å². The summed E-state index contributed by atoms with van der Waals surface area (Å²) in [4.78, 5) is 14.4. The van der Waals surface area contributed by atoms with Crippen molar-refractivity contribution in [1.82, 2.24) is 4.90 Å². The third-order valence-electron chi connectivity index (χ3n) is 6.07. The minimum absolute atomic E-state index is 0.114. The number of carbonyl (C=O) groups is 1. The average molecular weight is 339 g/mol. The van der Waals surface area contributed by atoms with Gasteiger partial charge in [-0.1, -0.05) is 27.2 Å². The molecule has 3 aliphatic rings. The van der Waals surface area contributed by atoms with Crippen LogP contribution in [0.5, 0.6) is 0 Å². The second-order valence-corrected chi connectivity index (χ2v) is 8.16. The van der Waals surface area contributed by atoms with Gasteiger partial charge in [-0.25, -0.2) is 0 Å². The van der Waals surface area contributed by atoms with Crippen LogP contribution < -0.4 is 0 Å². The van der Waals surface area contributed by atoms with Crippen molar-refractivity contribution in [3.05, 3.63) is 0 Å². The van der Waals surface area contributed by atoms with E-state index in [-0.39, 0.29) is 18.6 Å². The average Bonchev–Trinajstić information content (AvgIpc) is 3.01. The molecule has 0 radical (unpaired) electrons. The van der Waals surface area contributed by atoms with E-state index in [2.05, 4.69) is 20.8 Å². The monoisotopic (exact) mass is 339 g/mol. The van der Waals surface area contributed by atoms with E-state index in [9.17, 15) is 4.79 Å². The number of hydrogen-bond donors (Lipinski definition) is 0. The van der Waals surface area contributed by atoms with Crippen LogP contribution in [0.3, 0.4) is 0 Å². The smallest absolute Gasteiger partial charge is 0.248 e. The first-order valence-corrected chi connectivity index (χ1v) is 9.66. The summed E-state index contributed by atoms with van der Waals surface area (Å²) in [5, 5.41) is 0. The van der Waals surface area contributed by atoms with Gasteiger partial charge in [0.05, 0.1) is 19.3 Å².